The summed E-state index contributed by atoms with van der Waals surface area (Å²) in [5, 5.41) is 0. The Kier molecular flexibility index (Phi) is 11.7. The number of rotatable bonds is 2. The molecule has 0 aromatic heterocycles. The van der Waals surface area contributed by atoms with Gasteiger partial charge in [0, 0.05) is 0 Å². The van der Waals surface area contributed by atoms with Crippen molar-refractivity contribution in [2.75, 3.05) is 0 Å². The van der Waals surface area contributed by atoms with Crippen LogP contribution in [0.25, 0.3) is 0 Å². The van der Waals surface area contributed by atoms with E-state index >= 15 is 0 Å². The summed E-state index contributed by atoms with van der Waals surface area (Å²) in [6.07, 6.45) is 2.64. The largest absolute Gasteiger partial charge is 0.294 e. The fourth-order valence-electron chi connectivity index (χ4n) is 0.592. The third-order valence-corrected chi connectivity index (χ3v) is 2.41. The molecule has 1 aromatic rings. The average molecular weight is 246 g/mol. The highest BCUT2D eigenvalue weighted by molar-refractivity contribution is 7.85. The molecule has 94 valence electrons. The molecule has 1 aromatic carbocycles. The smallest absolute Gasteiger partial charge is 0.282 e. The van der Waals surface area contributed by atoms with Crippen molar-refractivity contribution in [1.29, 1.82) is 0 Å². The summed E-state index contributed by atoms with van der Waals surface area (Å²) in [5.74, 6) is 0. The van der Waals surface area contributed by atoms with Crippen LogP contribution in [0.3, 0.4) is 0 Å². The van der Waals surface area contributed by atoms with Gasteiger partial charge in [-0.3, -0.25) is 4.55 Å². The lowest BCUT2D eigenvalue weighted by molar-refractivity contribution is 0.483. The van der Waals surface area contributed by atoms with E-state index in [0.29, 0.717) is 0 Å². The third-order valence-electron chi connectivity index (χ3n) is 1.54. The average Bonchev–Trinajstić information content (AvgIpc) is 2.32. The zero-order valence-corrected chi connectivity index (χ0v) is 11.3. The summed E-state index contributed by atoms with van der Waals surface area (Å²) in [4.78, 5) is -0.0741. The highest BCUT2D eigenvalue weighted by Crippen LogP contribution is 2.05. The maximum atomic E-state index is 10.4. The summed E-state index contributed by atoms with van der Waals surface area (Å²) >= 11 is 0. The Bertz CT molecular complexity index is 329. The van der Waals surface area contributed by atoms with E-state index in [1.807, 2.05) is 13.8 Å². The molecule has 0 unspecified atom stereocenters. The number of unbranched alkanes of at least 4 members (excludes halogenated alkanes) is 1. The van der Waals surface area contributed by atoms with Crippen molar-refractivity contribution in [2.24, 2.45) is 0 Å². The van der Waals surface area contributed by atoms with Crippen LogP contribution in [-0.2, 0) is 10.1 Å². The minimum atomic E-state index is -4.00. The molecule has 0 radical (unpaired) electrons. The van der Waals surface area contributed by atoms with E-state index < -0.39 is 10.1 Å². The molecule has 16 heavy (non-hydrogen) atoms. The first-order valence-electron chi connectivity index (χ1n) is 5.54. The van der Waals surface area contributed by atoms with Crippen LogP contribution in [-0.4, -0.2) is 13.0 Å². The van der Waals surface area contributed by atoms with Crippen molar-refractivity contribution < 1.29 is 13.0 Å². The Morgan fingerprint density at radius 1 is 1.00 bits per heavy atom. The maximum absolute atomic E-state index is 10.4. The van der Waals surface area contributed by atoms with Crippen molar-refractivity contribution >= 4 is 10.1 Å². The molecule has 0 saturated heterocycles. The lowest BCUT2D eigenvalue weighted by Crippen LogP contribution is -1.96. The van der Waals surface area contributed by atoms with Gasteiger partial charge in [0.1, 0.15) is 0 Å². The van der Waals surface area contributed by atoms with Gasteiger partial charge in [0.25, 0.3) is 10.1 Å². The fourth-order valence-corrected chi connectivity index (χ4v) is 1.09. The zero-order valence-electron chi connectivity index (χ0n) is 10.5. The molecular formula is C12H22O3S. The minimum Gasteiger partial charge on any atom is -0.282 e. The van der Waals surface area contributed by atoms with Crippen LogP contribution < -0.4 is 0 Å². The van der Waals surface area contributed by atoms with E-state index in [1.165, 1.54) is 25.0 Å². The standard InChI is InChI=1S/C6H6O3S.C4H10.C2H6/c7-10(8,9)6-4-2-1-3-5-6;1-3-4-2;1-2/h1-5H,(H,7,8,9);3-4H2,1-2H3;1-2H3. The summed E-state index contributed by atoms with van der Waals surface area (Å²) in [7, 11) is -4.00. The van der Waals surface area contributed by atoms with E-state index in [4.69, 9.17) is 4.55 Å². The number of benzene rings is 1. The molecule has 0 fully saturated rings. The molecule has 0 aliphatic heterocycles. The van der Waals surface area contributed by atoms with Gasteiger partial charge in [0.15, 0.2) is 0 Å². The molecule has 0 saturated carbocycles. The van der Waals surface area contributed by atoms with E-state index in [0.717, 1.165) is 0 Å². The molecular weight excluding hydrogens is 224 g/mol. The number of hydrogen-bond donors (Lipinski definition) is 1. The molecule has 1 N–H and O–H groups in total. The first-order valence-corrected chi connectivity index (χ1v) is 6.98. The molecule has 0 bridgehead atoms. The van der Waals surface area contributed by atoms with Gasteiger partial charge >= 0.3 is 0 Å². The van der Waals surface area contributed by atoms with Crippen LogP contribution in [0.1, 0.15) is 40.5 Å². The van der Waals surface area contributed by atoms with Gasteiger partial charge in [-0.2, -0.15) is 8.42 Å². The topological polar surface area (TPSA) is 54.4 Å². The summed E-state index contributed by atoms with van der Waals surface area (Å²) in [6.45, 7) is 8.36. The lowest BCUT2D eigenvalue weighted by Gasteiger charge is -1.92. The lowest BCUT2D eigenvalue weighted by atomic mass is 10.4. The Morgan fingerprint density at radius 3 is 1.56 bits per heavy atom. The second-order valence-corrected chi connectivity index (χ2v) is 4.21. The molecule has 4 heteroatoms. The summed E-state index contributed by atoms with van der Waals surface area (Å²) in [6, 6.07) is 7.42. The van der Waals surface area contributed by atoms with Gasteiger partial charge in [-0.05, 0) is 12.1 Å². The third kappa shape index (κ3) is 9.68. The van der Waals surface area contributed by atoms with E-state index in [9.17, 15) is 8.42 Å². The summed E-state index contributed by atoms with van der Waals surface area (Å²) in [5.41, 5.74) is 0. The second-order valence-electron chi connectivity index (χ2n) is 2.79. The fraction of sp³-hybridized carbons (Fsp3) is 0.500. The van der Waals surface area contributed by atoms with Gasteiger partial charge in [-0.1, -0.05) is 58.7 Å². The normalized spacial score (nSPS) is 9.31. The van der Waals surface area contributed by atoms with Gasteiger partial charge in [0.05, 0.1) is 4.90 Å². The van der Waals surface area contributed by atoms with Crippen molar-refractivity contribution in [2.45, 2.75) is 45.4 Å². The zero-order chi connectivity index (χ0) is 13.0. The van der Waals surface area contributed by atoms with Crippen LogP contribution >= 0.6 is 0 Å². The van der Waals surface area contributed by atoms with Crippen molar-refractivity contribution in [3.8, 4) is 0 Å². The first kappa shape index (κ1) is 17.5. The molecule has 0 spiro atoms. The highest BCUT2D eigenvalue weighted by atomic mass is 32.2. The Labute approximate surface area is 99.3 Å². The quantitative estimate of drug-likeness (QED) is 0.808. The van der Waals surface area contributed by atoms with Crippen LogP contribution in [0.5, 0.6) is 0 Å². The predicted octanol–water partition coefficient (Wildman–Crippen LogP) is 3.77. The minimum absolute atomic E-state index is 0.0741. The van der Waals surface area contributed by atoms with Crippen molar-refractivity contribution in [3.05, 3.63) is 30.3 Å². The van der Waals surface area contributed by atoms with Gasteiger partial charge in [-0.25, -0.2) is 0 Å². The molecule has 3 nitrogen and oxygen atoms in total. The molecule has 0 heterocycles. The molecule has 0 aliphatic rings. The second kappa shape index (κ2) is 10.6. The molecule has 0 atom stereocenters. The van der Waals surface area contributed by atoms with Gasteiger partial charge < -0.3 is 0 Å². The molecule has 1 rings (SSSR count). The monoisotopic (exact) mass is 246 g/mol. The van der Waals surface area contributed by atoms with Gasteiger partial charge in [-0.15, -0.1) is 0 Å². The SMILES string of the molecule is CC.CCCC.O=S(=O)(O)c1ccccc1. The maximum Gasteiger partial charge on any atom is 0.294 e. The Morgan fingerprint density at radius 2 is 1.38 bits per heavy atom. The van der Waals surface area contributed by atoms with Crippen molar-refractivity contribution in [3.63, 3.8) is 0 Å². The van der Waals surface area contributed by atoms with Gasteiger partial charge in [0.2, 0.25) is 0 Å². The van der Waals surface area contributed by atoms with Crippen LogP contribution in [0, 0.1) is 0 Å². The van der Waals surface area contributed by atoms with E-state index in [2.05, 4.69) is 13.8 Å². The summed E-state index contributed by atoms with van der Waals surface area (Å²) < 4.78 is 29.2. The Balaban J connectivity index is 0. The van der Waals surface area contributed by atoms with Crippen LogP contribution in [0.2, 0.25) is 0 Å². The first-order chi connectivity index (χ1) is 7.52. The van der Waals surface area contributed by atoms with Crippen LogP contribution in [0.4, 0.5) is 0 Å². The predicted molar refractivity (Wildman–Crippen MR) is 68.2 cm³/mol. The number of hydrogen-bond acceptors (Lipinski definition) is 2. The van der Waals surface area contributed by atoms with E-state index in [1.54, 1.807) is 18.2 Å². The van der Waals surface area contributed by atoms with Crippen molar-refractivity contribution in [1.82, 2.24) is 0 Å². The van der Waals surface area contributed by atoms with E-state index in [-0.39, 0.29) is 4.90 Å². The highest BCUT2D eigenvalue weighted by Gasteiger charge is 2.05. The van der Waals surface area contributed by atoms with Crippen LogP contribution in [0.15, 0.2) is 35.2 Å². The molecule has 0 amide bonds. The molecule has 0 aliphatic carbocycles. The Hall–Kier alpha value is -0.870.